The van der Waals surface area contributed by atoms with Crippen LogP contribution in [0, 0.1) is 0 Å². The normalized spacial score (nSPS) is 10.3. The van der Waals surface area contributed by atoms with Gasteiger partial charge >= 0.3 is 0 Å². The molecule has 5 nitrogen and oxygen atoms in total. The number of nitrogens with zero attached hydrogens (tertiary/aromatic N) is 2. The van der Waals surface area contributed by atoms with Gasteiger partial charge in [0.05, 0.1) is 19.9 Å². The van der Waals surface area contributed by atoms with Gasteiger partial charge in [-0.2, -0.15) is 0 Å². The molecule has 0 radical (unpaired) electrons. The van der Waals surface area contributed by atoms with Gasteiger partial charge in [0.15, 0.2) is 0 Å². The summed E-state index contributed by atoms with van der Waals surface area (Å²) in [6.45, 7) is 3.46. The molecule has 0 atom stereocenters. The molecule has 0 aliphatic heterocycles. The monoisotopic (exact) mass is 348 g/mol. The fraction of sp³-hybridized carbons (Fsp3) is 0.600. The van der Waals surface area contributed by atoms with E-state index in [1.807, 2.05) is 0 Å². The molecular formula is C20H32N2O3. The molecule has 0 aromatic carbocycles. The third-order valence-electron chi connectivity index (χ3n) is 4.07. The van der Waals surface area contributed by atoms with Crippen molar-refractivity contribution in [1.82, 2.24) is 4.57 Å². The third-order valence-corrected chi connectivity index (χ3v) is 4.07. The number of unbranched alkanes of at least 4 members (excludes halogenated alkanes) is 8. The van der Waals surface area contributed by atoms with E-state index in [4.69, 9.17) is 0 Å². The molecule has 0 spiro atoms. The highest BCUT2D eigenvalue weighted by molar-refractivity contribution is 5.82. The SMILES string of the molecule is CCCCCCCCCCCn1cc[n+](C)c1.O=C([O-])c1ccco1. The summed E-state index contributed by atoms with van der Waals surface area (Å²) in [5.74, 6) is -1.42. The molecule has 2 heterocycles. The molecule has 0 aliphatic rings. The summed E-state index contributed by atoms with van der Waals surface area (Å²) < 4.78 is 8.82. The lowest BCUT2D eigenvalue weighted by Gasteiger charge is -2.00. The van der Waals surface area contributed by atoms with Crippen molar-refractivity contribution in [3.8, 4) is 0 Å². The Balaban J connectivity index is 0.000000324. The minimum atomic E-state index is -1.28. The maximum atomic E-state index is 9.86. The number of carbonyl (C=O) groups excluding carboxylic acids is 1. The highest BCUT2D eigenvalue weighted by Gasteiger charge is 1.99. The lowest BCUT2D eigenvalue weighted by molar-refractivity contribution is -0.671. The number of furan rings is 1. The minimum Gasteiger partial charge on any atom is -0.542 e. The summed E-state index contributed by atoms with van der Waals surface area (Å²) in [5, 5.41) is 9.86. The number of carboxylic acids is 1. The van der Waals surface area contributed by atoms with Crippen LogP contribution < -0.4 is 9.67 Å². The molecule has 0 bridgehead atoms. The van der Waals surface area contributed by atoms with Crippen molar-refractivity contribution in [3.05, 3.63) is 42.9 Å². The van der Waals surface area contributed by atoms with Crippen LogP contribution in [0.4, 0.5) is 0 Å². The van der Waals surface area contributed by atoms with Gasteiger partial charge in [-0.05, 0) is 25.0 Å². The Morgan fingerprint density at radius 2 is 1.76 bits per heavy atom. The predicted molar refractivity (Wildman–Crippen MR) is 95.9 cm³/mol. The number of aryl methyl sites for hydroxylation is 2. The van der Waals surface area contributed by atoms with Gasteiger partial charge in [-0.15, -0.1) is 0 Å². The molecule has 0 saturated heterocycles. The van der Waals surface area contributed by atoms with Crippen LogP contribution in [0.1, 0.15) is 75.3 Å². The van der Waals surface area contributed by atoms with Crippen LogP contribution in [-0.4, -0.2) is 10.5 Å². The standard InChI is InChI=1S/C15H29N2.C5H4O3/c1-3-4-5-6-7-8-9-10-11-12-17-14-13-16(2)15-17;6-5(7)4-2-1-3-8-4/h13-15H,3-12H2,1-2H3;1-3H,(H,6,7)/q+1;/p-1. The van der Waals surface area contributed by atoms with Crippen molar-refractivity contribution >= 4 is 5.97 Å². The van der Waals surface area contributed by atoms with Crippen LogP contribution in [0.15, 0.2) is 41.5 Å². The van der Waals surface area contributed by atoms with Gasteiger partial charge in [-0.1, -0.05) is 51.9 Å². The topological polar surface area (TPSA) is 62.1 Å². The maximum absolute atomic E-state index is 9.86. The minimum absolute atomic E-state index is 0.134. The summed E-state index contributed by atoms with van der Waals surface area (Å²) in [5.41, 5.74) is 0. The zero-order valence-electron chi connectivity index (χ0n) is 15.7. The summed E-state index contributed by atoms with van der Waals surface area (Å²) in [6, 6.07) is 2.82. The zero-order valence-corrected chi connectivity index (χ0v) is 15.7. The van der Waals surface area contributed by atoms with Crippen LogP contribution in [0.25, 0.3) is 0 Å². The summed E-state index contributed by atoms with van der Waals surface area (Å²) in [6.07, 6.45) is 20.4. The van der Waals surface area contributed by atoms with E-state index in [9.17, 15) is 9.90 Å². The number of imidazole rings is 1. The number of hydrogen-bond acceptors (Lipinski definition) is 3. The Bertz CT molecular complexity index is 561. The van der Waals surface area contributed by atoms with Crippen molar-refractivity contribution < 1.29 is 18.9 Å². The highest BCUT2D eigenvalue weighted by atomic mass is 16.4. The van der Waals surface area contributed by atoms with E-state index < -0.39 is 5.97 Å². The number of rotatable bonds is 11. The molecule has 0 saturated carbocycles. The number of aromatic nitrogens is 2. The molecule has 25 heavy (non-hydrogen) atoms. The molecule has 2 aromatic heterocycles. The Hall–Kier alpha value is -2.04. The first-order chi connectivity index (χ1) is 12.1. The first-order valence-electron chi connectivity index (χ1n) is 9.39. The molecule has 0 N–H and O–H groups in total. The smallest absolute Gasteiger partial charge is 0.243 e. The average molecular weight is 348 g/mol. The van der Waals surface area contributed by atoms with E-state index in [1.54, 1.807) is 0 Å². The van der Waals surface area contributed by atoms with Crippen molar-refractivity contribution in [2.75, 3.05) is 0 Å². The molecule has 0 fully saturated rings. The predicted octanol–water partition coefficient (Wildman–Crippen LogP) is 3.49. The average Bonchev–Trinajstić information content (AvgIpc) is 3.26. The molecule has 140 valence electrons. The molecule has 5 heteroatoms. The first-order valence-corrected chi connectivity index (χ1v) is 9.39. The van der Waals surface area contributed by atoms with E-state index in [-0.39, 0.29) is 5.76 Å². The second-order valence-corrected chi connectivity index (χ2v) is 6.41. The van der Waals surface area contributed by atoms with Gasteiger partial charge in [-0.3, -0.25) is 0 Å². The highest BCUT2D eigenvalue weighted by Crippen LogP contribution is 2.09. The Kier molecular flexibility index (Phi) is 11.2. The number of hydrogen-bond donors (Lipinski definition) is 0. The fourth-order valence-corrected chi connectivity index (χ4v) is 2.63. The molecule has 2 aromatic rings. The number of aromatic carboxylic acids is 1. The van der Waals surface area contributed by atoms with Gasteiger partial charge < -0.3 is 14.3 Å². The fourth-order valence-electron chi connectivity index (χ4n) is 2.63. The van der Waals surface area contributed by atoms with Gasteiger partial charge in [-0.25, -0.2) is 9.13 Å². The van der Waals surface area contributed by atoms with E-state index in [0.29, 0.717) is 0 Å². The second-order valence-electron chi connectivity index (χ2n) is 6.41. The number of carbonyl (C=O) groups is 1. The van der Waals surface area contributed by atoms with Gasteiger partial charge in [0, 0.05) is 0 Å². The second kappa shape index (κ2) is 13.3. The lowest BCUT2D eigenvalue weighted by Crippen LogP contribution is -2.23. The van der Waals surface area contributed by atoms with Crippen LogP contribution in [-0.2, 0) is 13.6 Å². The summed E-state index contributed by atoms with van der Waals surface area (Å²) >= 11 is 0. The summed E-state index contributed by atoms with van der Waals surface area (Å²) in [4.78, 5) is 9.86. The number of carboxylic acid groups (broad SMARTS) is 1. The largest absolute Gasteiger partial charge is 0.542 e. The van der Waals surface area contributed by atoms with Crippen molar-refractivity contribution in [2.45, 2.75) is 71.3 Å². The van der Waals surface area contributed by atoms with Gasteiger partial charge in [0.25, 0.3) is 0 Å². The third kappa shape index (κ3) is 10.4. The quantitative estimate of drug-likeness (QED) is 0.461. The van der Waals surface area contributed by atoms with E-state index in [2.05, 4.69) is 46.2 Å². The van der Waals surface area contributed by atoms with E-state index in [0.717, 1.165) is 0 Å². The van der Waals surface area contributed by atoms with Gasteiger partial charge in [0.2, 0.25) is 6.33 Å². The van der Waals surface area contributed by atoms with Gasteiger partial charge in [0.1, 0.15) is 24.1 Å². The van der Waals surface area contributed by atoms with Crippen molar-refractivity contribution in [1.29, 1.82) is 0 Å². The van der Waals surface area contributed by atoms with E-state index in [1.165, 1.54) is 82.7 Å². The van der Waals surface area contributed by atoms with Crippen LogP contribution in [0.3, 0.4) is 0 Å². The first kappa shape index (κ1) is 21.0. The Labute approximate surface area is 151 Å². The van der Waals surface area contributed by atoms with E-state index >= 15 is 0 Å². The van der Waals surface area contributed by atoms with Crippen LogP contribution >= 0.6 is 0 Å². The Morgan fingerprint density at radius 1 is 1.12 bits per heavy atom. The van der Waals surface area contributed by atoms with Crippen LogP contribution in [0.5, 0.6) is 0 Å². The molecule has 2 rings (SSSR count). The van der Waals surface area contributed by atoms with Crippen molar-refractivity contribution in [3.63, 3.8) is 0 Å². The summed E-state index contributed by atoms with van der Waals surface area (Å²) in [7, 11) is 2.08. The molecule has 0 unspecified atom stereocenters. The molecular weight excluding hydrogens is 316 g/mol. The molecule has 0 amide bonds. The van der Waals surface area contributed by atoms with Crippen molar-refractivity contribution in [2.24, 2.45) is 7.05 Å². The maximum Gasteiger partial charge on any atom is 0.243 e. The molecule has 0 aliphatic carbocycles. The Morgan fingerprint density at radius 3 is 2.20 bits per heavy atom. The zero-order chi connectivity index (χ0) is 18.3. The lowest BCUT2D eigenvalue weighted by atomic mass is 10.1. The van der Waals surface area contributed by atoms with Crippen LogP contribution in [0.2, 0.25) is 0 Å².